The van der Waals surface area contributed by atoms with E-state index in [9.17, 15) is 19.2 Å². The fraction of sp³-hybridized carbons (Fsp3) is 0.423. The van der Waals surface area contributed by atoms with Crippen molar-refractivity contribution in [1.82, 2.24) is 10.3 Å². The second-order valence-electron chi connectivity index (χ2n) is 9.49. The van der Waals surface area contributed by atoms with Crippen LogP contribution in [0.2, 0.25) is 0 Å². The number of ether oxygens (including phenoxy) is 3. The predicted octanol–water partition coefficient (Wildman–Crippen LogP) is 3.30. The first kappa shape index (κ1) is 25.9. The minimum atomic E-state index is -1.12. The summed E-state index contributed by atoms with van der Waals surface area (Å²) in [5, 5.41) is 7.01. The molecule has 2 aromatic rings. The molecule has 0 spiro atoms. The van der Waals surface area contributed by atoms with Gasteiger partial charge in [0.2, 0.25) is 12.6 Å². The van der Waals surface area contributed by atoms with Crippen LogP contribution >= 0.6 is 11.3 Å². The van der Waals surface area contributed by atoms with Gasteiger partial charge < -0.3 is 14.2 Å². The van der Waals surface area contributed by atoms with E-state index in [0.29, 0.717) is 18.6 Å². The molecule has 0 bridgehead atoms. The molecule has 3 heterocycles. The molecule has 38 heavy (non-hydrogen) atoms. The molecule has 12 heteroatoms. The van der Waals surface area contributed by atoms with E-state index in [1.54, 1.807) is 0 Å². The lowest BCUT2D eigenvalue weighted by Gasteiger charge is -2.34. The summed E-state index contributed by atoms with van der Waals surface area (Å²) in [7, 11) is 1.24. The molecule has 3 aliphatic rings. The summed E-state index contributed by atoms with van der Waals surface area (Å²) < 4.78 is 15.4. The van der Waals surface area contributed by atoms with Crippen LogP contribution in [0.1, 0.15) is 48.2 Å². The largest absolute Gasteiger partial charge is 0.464 e. The van der Waals surface area contributed by atoms with Crippen LogP contribution in [0.4, 0.5) is 9.93 Å². The van der Waals surface area contributed by atoms with E-state index in [2.05, 4.69) is 15.6 Å². The standard InChI is InChI=1S/C26H28N4O7S/c1-35-24(33)18-14-38-25(28-18)29-22(32)19(11-16-9-5-6-10-16)30(21(31)13-27-26(30)34)23-20(36-15-37-23)12-17-7-3-2-4-8-17/h2-4,7-8,14,16,19H,5-6,9-13,15H2,1H3,(H-,27,28,29,32,34)/p+1. The number of amides is 4. The third-order valence-electron chi connectivity index (χ3n) is 7.23. The summed E-state index contributed by atoms with van der Waals surface area (Å²) in [6, 6.07) is 7.73. The molecule has 1 aliphatic carbocycles. The van der Waals surface area contributed by atoms with Gasteiger partial charge in [-0.05, 0) is 11.5 Å². The van der Waals surface area contributed by atoms with E-state index < -0.39 is 34.3 Å². The number of hydrogen-bond donors (Lipinski definition) is 2. The van der Waals surface area contributed by atoms with Crippen molar-refractivity contribution < 1.29 is 37.9 Å². The number of allylic oxidation sites excluding steroid dienone is 1. The fourth-order valence-electron chi connectivity index (χ4n) is 5.40. The molecule has 11 nitrogen and oxygen atoms in total. The second-order valence-corrected chi connectivity index (χ2v) is 10.4. The number of imide groups is 1. The Hall–Kier alpha value is -3.77. The quantitative estimate of drug-likeness (QED) is 0.281. The van der Waals surface area contributed by atoms with E-state index >= 15 is 0 Å². The Morgan fingerprint density at radius 3 is 2.66 bits per heavy atom. The highest BCUT2D eigenvalue weighted by molar-refractivity contribution is 7.14. The molecule has 2 aliphatic heterocycles. The lowest BCUT2D eigenvalue weighted by Crippen LogP contribution is -2.63. The van der Waals surface area contributed by atoms with Crippen LogP contribution in [0.3, 0.4) is 0 Å². The van der Waals surface area contributed by atoms with Crippen molar-refractivity contribution in [2.75, 3.05) is 25.8 Å². The number of aromatic nitrogens is 1. The van der Waals surface area contributed by atoms with Gasteiger partial charge in [-0.1, -0.05) is 60.5 Å². The molecule has 0 radical (unpaired) electrons. The zero-order valence-electron chi connectivity index (χ0n) is 20.9. The van der Waals surface area contributed by atoms with Crippen LogP contribution < -0.4 is 10.6 Å². The number of esters is 1. The molecule has 2 atom stereocenters. The van der Waals surface area contributed by atoms with E-state index in [1.807, 2.05) is 30.3 Å². The van der Waals surface area contributed by atoms with Crippen molar-refractivity contribution in [3.63, 3.8) is 0 Å². The number of methoxy groups -OCH3 is 1. The first-order valence-electron chi connectivity index (χ1n) is 12.5. The molecular formula is C26H29N4O7S+. The lowest BCUT2D eigenvalue weighted by atomic mass is 9.95. The van der Waals surface area contributed by atoms with Gasteiger partial charge >= 0.3 is 23.8 Å². The Balaban J connectivity index is 1.55. The molecule has 2 N–H and O–H groups in total. The number of carbonyl (C=O) groups is 4. The van der Waals surface area contributed by atoms with E-state index in [0.717, 1.165) is 42.6 Å². The molecule has 200 valence electrons. The molecule has 1 saturated heterocycles. The first-order chi connectivity index (χ1) is 18.4. The van der Waals surface area contributed by atoms with Crippen molar-refractivity contribution in [2.45, 2.75) is 44.6 Å². The van der Waals surface area contributed by atoms with Gasteiger partial charge in [-0.2, -0.15) is 0 Å². The number of rotatable bonds is 9. The fourth-order valence-corrected chi connectivity index (χ4v) is 6.09. The number of quaternary nitrogens is 1. The minimum Gasteiger partial charge on any atom is -0.464 e. The summed E-state index contributed by atoms with van der Waals surface area (Å²) in [6.07, 6.45) is 4.44. The number of nitrogens with zero attached hydrogens (tertiary/aromatic N) is 2. The van der Waals surface area contributed by atoms with Gasteiger partial charge in [-0.25, -0.2) is 19.4 Å². The first-order valence-corrected chi connectivity index (χ1v) is 13.4. The molecule has 5 rings (SSSR count). The molecule has 2 fully saturated rings. The molecule has 1 saturated carbocycles. The highest BCUT2D eigenvalue weighted by atomic mass is 32.1. The zero-order chi connectivity index (χ0) is 26.7. The van der Waals surface area contributed by atoms with Gasteiger partial charge in [0, 0.05) is 18.2 Å². The summed E-state index contributed by atoms with van der Waals surface area (Å²) in [5.74, 6) is -1.14. The number of anilines is 1. The van der Waals surface area contributed by atoms with Crippen LogP contribution in [-0.2, 0) is 30.2 Å². The average molecular weight is 542 g/mol. The summed E-state index contributed by atoms with van der Waals surface area (Å²) >= 11 is 1.06. The van der Waals surface area contributed by atoms with Gasteiger partial charge in [0.05, 0.1) is 7.11 Å². The van der Waals surface area contributed by atoms with E-state index in [4.69, 9.17) is 14.2 Å². The number of carbonyl (C=O) groups excluding carboxylic acids is 4. The van der Waals surface area contributed by atoms with Crippen LogP contribution in [0.25, 0.3) is 0 Å². The average Bonchev–Trinajstić information content (AvgIpc) is 3.73. The summed E-state index contributed by atoms with van der Waals surface area (Å²) in [5.41, 5.74) is 0.963. The SMILES string of the molecule is COC(=O)c1csc(NC(=O)C(CC2CCCC2)[N+]2(C3=C(Cc4ccccc4)OCO3)C(=O)CNC2=O)n1. The molecule has 1 aromatic heterocycles. The highest BCUT2D eigenvalue weighted by Gasteiger charge is 2.65. The van der Waals surface area contributed by atoms with Crippen molar-refractivity contribution in [3.05, 3.63) is 58.6 Å². The maximum atomic E-state index is 13.9. The van der Waals surface area contributed by atoms with Crippen LogP contribution in [-0.4, -0.2) is 59.8 Å². The minimum absolute atomic E-state index is 0.0430. The van der Waals surface area contributed by atoms with Gasteiger partial charge in [-0.15, -0.1) is 11.3 Å². The van der Waals surface area contributed by atoms with Crippen molar-refractivity contribution in [1.29, 1.82) is 0 Å². The summed E-state index contributed by atoms with van der Waals surface area (Å²) in [4.78, 5) is 57.2. The highest BCUT2D eigenvalue weighted by Crippen LogP contribution is 2.40. The Morgan fingerprint density at radius 2 is 1.97 bits per heavy atom. The number of thiazole rings is 1. The Kier molecular flexibility index (Phi) is 7.43. The molecule has 1 aromatic carbocycles. The van der Waals surface area contributed by atoms with E-state index in [1.165, 1.54) is 12.5 Å². The smallest absolute Gasteiger partial charge is 0.433 e. The predicted molar refractivity (Wildman–Crippen MR) is 135 cm³/mol. The topological polar surface area (TPSA) is 133 Å². The Morgan fingerprint density at radius 1 is 1.21 bits per heavy atom. The van der Waals surface area contributed by atoms with Crippen molar-refractivity contribution in [3.8, 4) is 0 Å². The monoisotopic (exact) mass is 541 g/mol. The van der Waals surface area contributed by atoms with E-state index in [-0.39, 0.29) is 36.0 Å². The third-order valence-corrected chi connectivity index (χ3v) is 7.99. The number of urea groups is 1. The van der Waals surface area contributed by atoms with Gasteiger partial charge in [0.15, 0.2) is 16.9 Å². The number of benzene rings is 1. The summed E-state index contributed by atoms with van der Waals surface area (Å²) in [6.45, 7) is -0.396. The Labute approximate surface area is 223 Å². The second kappa shape index (κ2) is 10.9. The number of hydrogen-bond acceptors (Lipinski definition) is 9. The lowest BCUT2D eigenvalue weighted by molar-refractivity contribution is -0.764. The van der Waals surface area contributed by atoms with Gasteiger partial charge in [-0.3, -0.25) is 15.4 Å². The van der Waals surface area contributed by atoms with Gasteiger partial charge in [0.1, 0.15) is 6.54 Å². The maximum absolute atomic E-state index is 13.9. The van der Waals surface area contributed by atoms with Crippen LogP contribution in [0.5, 0.6) is 0 Å². The number of nitrogens with one attached hydrogen (secondary N) is 2. The molecule has 2 unspecified atom stereocenters. The third kappa shape index (κ3) is 4.76. The van der Waals surface area contributed by atoms with Gasteiger partial charge in [0.25, 0.3) is 5.91 Å². The Bertz CT molecular complexity index is 1250. The maximum Gasteiger partial charge on any atom is 0.433 e. The molecule has 4 amide bonds. The van der Waals surface area contributed by atoms with Crippen LogP contribution in [0, 0.1) is 5.92 Å². The van der Waals surface area contributed by atoms with Crippen molar-refractivity contribution >= 4 is 40.3 Å². The normalized spacial score (nSPS) is 22.1. The van der Waals surface area contributed by atoms with Crippen LogP contribution in [0.15, 0.2) is 47.4 Å². The zero-order valence-corrected chi connectivity index (χ0v) is 21.8. The molecular weight excluding hydrogens is 512 g/mol. The van der Waals surface area contributed by atoms with Crippen molar-refractivity contribution in [2.24, 2.45) is 5.92 Å².